The van der Waals surface area contributed by atoms with Crippen LogP contribution < -0.4 is 0 Å². The van der Waals surface area contributed by atoms with E-state index in [9.17, 15) is 28.8 Å². The Morgan fingerprint density at radius 3 is 0.788 bits per heavy atom. The number of nitriles is 3. The van der Waals surface area contributed by atoms with Crippen molar-refractivity contribution in [1.29, 1.82) is 15.8 Å². The summed E-state index contributed by atoms with van der Waals surface area (Å²) in [5.74, 6) is -10.2. The monoisotopic (exact) mass is 737 g/mol. The third-order valence-electron chi connectivity index (χ3n) is 6.85. The molecule has 52 heavy (non-hydrogen) atoms. The molecule has 0 amide bonds. The smallest absolute Gasteiger partial charge is 0.321 e. The van der Waals surface area contributed by atoms with Gasteiger partial charge in [-0.3, -0.25) is 28.8 Å². The first kappa shape index (κ1) is 51.7. The highest BCUT2D eigenvalue weighted by Gasteiger charge is 2.39. The second-order valence-corrected chi connectivity index (χ2v) is 12.6. The molecule has 15 nitrogen and oxygen atoms in total. The first-order valence-electron chi connectivity index (χ1n) is 17.6. The summed E-state index contributed by atoms with van der Waals surface area (Å²) >= 11 is 0. The molecule has 0 aromatic heterocycles. The Balaban J connectivity index is -0.000000694. The minimum Gasteiger partial charge on any atom is -0.481 e. The van der Waals surface area contributed by atoms with Gasteiger partial charge in [-0.2, -0.15) is 15.8 Å². The number of ether oxygens (including phenoxy) is 5. The quantitative estimate of drug-likeness (QED) is 0.0951. The van der Waals surface area contributed by atoms with Crippen LogP contribution in [0.15, 0.2) is 0 Å². The molecule has 0 aliphatic heterocycles. The first-order valence-corrected chi connectivity index (χ1v) is 17.6. The highest BCUT2D eigenvalue weighted by molar-refractivity contribution is 5.96. The van der Waals surface area contributed by atoms with E-state index in [-0.39, 0.29) is 50.8 Å². The van der Waals surface area contributed by atoms with Crippen LogP contribution in [0.25, 0.3) is 0 Å². The Kier molecular flexibility index (Phi) is 29.8. The molecule has 0 spiro atoms. The molecular weight excluding hydrogens is 678 g/mol. The van der Waals surface area contributed by atoms with Crippen LogP contribution in [0.5, 0.6) is 0 Å². The van der Waals surface area contributed by atoms with E-state index in [2.05, 4.69) is 4.74 Å². The second kappa shape index (κ2) is 30.0. The minimum atomic E-state index is -1.38. The fourth-order valence-corrected chi connectivity index (χ4v) is 4.76. The molecule has 0 rings (SSSR count). The van der Waals surface area contributed by atoms with Gasteiger partial charge in [-0.1, -0.05) is 41.5 Å². The van der Waals surface area contributed by atoms with Gasteiger partial charge < -0.3 is 28.8 Å². The van der Waals surface area contributed by atoms with Crippen LogP contribution in [-0.2, 0) is 52.5 Å². The number of carboxylic acid groups (broad SMARTS) is 1. The molecule has 0 aliphatic carbocycles. The predicted octanol–water partition coefficient (Wildman–Crippen LogP) is 5.27. The Labute approximate surface area is 308 Å². The third kappa shape index (κ3) is 21.5. The summed E-state index contributed by atoms with van der Waals surface area (Å²) in [5.41, 5.74) is 0. The van der Waals surface area contributed by atoms with Gasteiger partial charge in [-0.05, 0) is 71.6 Å². The summed E-state index contributed by atoms with van der Waals surface area (Å²) in [4.78, 5) is 69.4. The van der Waals surface area contributed by atoms with E-state index in [1.165, 1.54) is 0 Å². The molecule has 2 unspecified atom stereocenters. The Morgan fingerprint density at radius 2 is 0.635 bits per heavy atom. The molecule has 0 heterocycles. The number of aliphatic carboxylic acids is 1. The molecule has 0 aromatic rings. The molecule has 15 heteroatoms. The summed E-state index contributed by atoms with van der Waals surface area (Å²) in [6.45, 7) is 20.5. The minimum absolute atomic E-state index is 0.114. The van der Waals surface area contributed by atoms with Crippen LogP contribution in [0.3, 0.4) is 0 Å². The number of hydrogen-bond donors (Lipinski definition) is 1. The lowest BCUT2D eigenvalue weighted by Gasteiger charge is -2.20. The molecule has 0 fully saturated rings. The molecule has 0 aliphatic rings. The zero-order valence-corrected chi connectivity index (χ0v) is 32.6. The van der Waals surface area contributed by atoms with Crippen LogP contribution in [0, 0.1) is 87.3 Å². The molecule has 0 bridgehead atoms. The summed E-state index contributed by atoms with van der Waals surface area (Å²) in [6, 6.07) is 5.89. The highest BCUT2D eigenvalue weighted by atomic mass is 16.6. The lowest BCUT2D eigenvalue weighted by molar-refractivity contribution is -0.165. The van der Waals surface area contributed by atoms with Gasteiger partial charge in [0, 0.05) is 0 Å². The number of carboxylic acids is 1. The van der Waals surface area contributed by atoms with Crippen LogP contribution in [0.2, 0.25) is 0 Å². The number of carbonyl (C=O) groups excluding carboxylic acids is 5. The van der Waals surface area contributed by atoms with Gasteiger partial charge >= 0.3 is 35.8 Å². The van der Waals surface area contributed by atoms with Gasteiger partial charge in [0.1, 0.15) is 0 Å². The fraction of sp³-hybridized carbons (Fsp3) is 0.757. The average Bonchev–Trinajstić information content (AvgIpc) is 3.04. The van der Waals surface area contributed by atoms with Crippen molar-refractivity contribution >= 4 is 35.8 Å². The molecule has 0 radical (unpaired) electrons. The van der Waals surface area contributed by atoms with Gasteiger partial charge in [0.25, 0.3) is 0 Å². The standard InChI is InChI=1S/2C13H21NO4.C11H17NO4/c2*1-5-17-12(15)11(13(16)18-6-2)10(8-14)7-9(3)4;1-4-16-11(15)9(10(13)14)8(6-12)5-7(2)3/h2*9-11H,5-7H2,1-4H3;7-9H,4-5H2,1-3H3,(H,13,14)/t10-;;8-,9?/m0.1/s1. The van der Waals surface area contributed by atoms with E-state index >= 15 is 0 Å². The SMILES string of the molecule is CCOC(=O)C(C(=O)O)[C@@H](C#N)CC(C)C.CCOC(=O)C(C(=O)OCC)C(C#N)CC(C)C.CCOC(=O)C(C(=O)OCC)[C@H](C#N)CC(C)C. The maximum Gasteiger partial charge on any atom is 0.321 e. The third-order valence-corrected chi connectivity index (χ3v) is 6.85. The molecule has 0 saturated carbocycles. The van der Waals surface area contributed by atoms with Crippen molar-refractivity contribution < 1.29 is 57.6 Å². The molecule has 0 saturated heterocycles. The topological polar surface area (TPSA) is 240 Å². The van der Waals surface area contributed by atoms with Crippen molar-refractivity contribution in [2.75, 3.05) is 33.0 Å². The zero-order chi connectivity index (χ0) is 41.0. The summed E-state index contributed by atoms with van der Waals surface area (Å²) < 4.78 is 24.0. The van der Waals surface area contributed by atoms with Gasteiger partial charge in [0.05, 0.1) is 69.0 Å². The lowest BCUT2D eigenvalue weighted by Crippen LogP contribution is -2.34. The highest BCUT2D eigenvalue weighted by Crippen LogP contribution is 2.25. The van der Waals surface area contributed by atoms with E-state index in [1.54, 1.807) is 34.6 Å². The summed E-state index contributed by atoms with van der Waals surface area (Å²) in [7, 11) is 0. The van der Waals surface area contributed by atoms with Crippen LogP contribution >= 0.6 is 0 Å². The van der Waals surface area contributed by atoms with E-state index < -0.39 is 71.3 Å². The van der Waals surface area contributed by atoms with Gasteiger partial charge in [-0.15, -0.1) is 0 Å². The van der Waals surface area contributed by atoms with E-state index in [4.69, 9.17) is 39.8 Å². The van der Waals surface area contributed by atoms with Crippen LogP contribution in [-0.4, -0.2) is 74.0 Å². The normalized spacial score (nSPS) is 12.6. The molecular formula is C37H59N3O12. The van der Waals surface area contributed by atoms with E-state index in [1.807, 2.05) is 59.8 Å². The zero-order valence-electron chi connectivity index (χ0n) is 32.6. The molecule has 1 N–H and O–H groups in total. The van der Waals surface area contributed by atoms with Gasteiger partial charge in [0.15, 0.2) is 17.8 Å². The van der Waals surface area contributed by atoms with Gasteiger partial charge in [-0.25, -0.2) is 0 Å². The number of esters is 5. The Hall–Kier alpha value is -4.71. The largest absolute Gasteiger partial charge is 0.481 e. The summed E-state index contributed by atoms with van der Waals surface area (Å²) in [5, 5.41) is 36.1. The predicted molar refractivity (Wildman–Crippen MR) is 187 cm³/mol. The molecule has 4 atom stereocenters. The van der Waals surface area contributed by atoms with Crippen molar-refractivity contribution in [2.45, 2.75) is 95.4 Å². The number of rotatable bonds is 20. The van der Waals surface area contributed by atoms with Crippen molar-refractivity contribution in [3.8, 4) is 18.2 Å². The number of hydrogen-bond acceptors (Lipinski definition) is 14. The Bertz CT molecular complexity index is 1130. The van der Waals surface area contributed by atoms with Crippen molar-refractivity contribution in [1.82, 2.24) is 0 Å². The second-order valence-electron chi connectivity index (χ2n) is 12.6. The van der Waals surface area contributed by atoms with Crippen molar-refractivity contribution in [3.63, 3.8) is 0 Å². The number of nitrogens with zero attached hydrogens (tertiary/aromatic N) is 3. The number of carbonyl (C=O) groups is 6. The lowest BCUT2D eigenvalue weighted by atomic mass is 9.86. The molecule has 0 aromatic carbocycles. The van der Waals surface area contributed by atoms with Gasteiger partial charge in [0.2, 0.25) is 0 Å². The van der Waals surface area contributed by atoms with Crippen molar-refractivity contribution in [3.05, 3.63) is 0 Å². The van der Waals surface area contributed by atoms with E-state index in [0.29, 0.717) is 19.3 Å². The molecule has 294 valence electrons. The first-order chi connectivity index (χ1) is 24.4. The van der Waals surface area contributed by atoms with Crippen LogP contribution in [0.4, 0.5) is 0 Å². The maximum atomic E-state index is 11.8. The van der Waals surface area contributed by atoms with Crippen LogP contribution in [0.1, 0.15) is 95.4 Å². The average molecular weight is 738 g/mol. The van der Waals surface area contributed by atoms with Crippen molar-refractivity contribution in [2.24, 2.45) is 53.3 Å². The Morgan fingerprint density at radius 1 is 0.442 bits per heavy atom. The van der Waals surface area contributed by atoms with E-state index in [0.717, 1.165) is 0 Å². The maximum absolute atomic E-state index is 11.8. The fourth-order valence-electron chi connectivity index (χ4n) is 4.76. The summed E-state index contributed by atoms with van der Waals surface area (Å²) in [6.07, 6.45) is 1.28.